The minimum Gasteiger partial charge on any atom is -0.368 e. The molecule has 2 rings (SSSR count). The molecule has 2 aromatic rings. The van der Waals surface area contributed by atoms with E-state index in [4.69, 9.17) is 5.73 Å². The number of nitrogens with one attached hydrogen (secondary N) is 1. The molecule has 2 aromatic carbocycles. The van der Waals surface area contributed by atoms with Crippen LogP contribution in [0.25, 0.3) is 0 Å². The largest absolute Gasteiger partial charge is 0.368 e. The van der Waals surface area contributed by atoms with Gasteiger partial charge in [0, 0.05) is 11.1 Å². The van der Waals surface area contributed by atoms with Crippen LogP contribution < -0.4 is 16.4 Å². The zero-order valence-electron chi connectivity index (χ0n) is 12.2. The molecule has 0 aromatic heterocycles. The zero-order chi connectivity index (χ0) is 15.8. The summed E-state index contributed by atoms with van der Waals surface area (Å²) in [6.07, 6.45) is 0. The summed E-state index contributed by atoms with van der Waals surface area (Å²) in [6, 6.07) is 20.0. The number of nitrogens with two attached hydrogens (primary N) is 2. The predicted molar refractivity (Wildman–Crippen MR) is 83.7 cm³/mol. The fourth-order valence-electron chi connectivity index (χ4n) is 2.27. The van der Waals surface area contributed by atoms with Crippen LogP contribution in [0.5, 0.6) is 0 Å². The summed E-state index contributed by atoms with van der Waals surface area (Å²) < 4.78 is 0. The summed E-state index contributed by atoms with van der Waals surface area (Å²) >= 11 is 0. The molecule has 22 heavy (non-hydrogen) atoms. The van der Waals surface area contributed by atoms with E-state index in [-0.39, 0.29) is 25.0 Å². The number of benzene rings is 2. The Morgan fingerprint density at radius 2 is 1.45 bits per heavy atom. The fourth-order valence-corrected chi connectivity index (χ4v) is 2.27. The number of amides is 2. The van der Waals surface area contributed by atoms with Crippen LogP contribution in [0.3, 0.4) is 0 Å². The first-order valence-electron chi connectivity index (χ1n) is 7.15. The molecular formula is C17H20N3O2+. The highest BCUT2D eigenvalue weighted by molar-refractivity contribution is 5.84. The average Bonchev–Trinajstić information content (AvgIpc) is 2.55. The SMILES string of the molecule is NC(=O)CNC(=O)C[NH2+]C(c1ccccc1)c1ccccc1. The van der Waals surface area contributed by atoms with E-state index >= 15 is 0 Å². The standard InChI is InChI=1S/C17H19N3O2/c18-15(21)11-19-16(22)12-20-17(13-7-3-1-4-8-13)14-9-5-2-6-10-14/h1-10,17,20H,11-12H2,(H2,18,21)(H,19,22)/p+1. The third-order valence-corrected chi connectivity index (χ3v) is 3.32. The highest BCUT2D eigenvalue weighted by Crippen LogP contribution is 2.17. The van der Waals surface area contributed by atoms with E-state index < -0.39 is 5.91 Å². The maximum absolute atomic E-state index is 11.8. The van der Waals surface area contributed by atoms with Crippen LogP contribution in [0.2, 0.25) is 0 Å². The Morgan fingerprint density at radius 3 is 1.91 bits per heavy atom. The molecule has 0 aliphatic rings. The minimum absolute atomic E-state index is 0.0294. The van der Waals surface area contributed by atoms with E-state index in [1.54, 1.807) is 0 Å². The molecule has 5 heteroatoms. The van der Waals surface area contributed by atoms with Crippen molar-refractivity contribution in [3.63, 3.8) is 0 Å². The van der Waals surface area contributed by atoms with E-state index in [9.17, 15) is 9.59 Å². The van der Waals surface area contributed by atoms with Gasteiger partial charge in [0.25, 0.3) is 5.91 Å². The van der Waals surface area contributed by atoms with Crippen molar-refractivity contribution in [1.29, 1.82) is 0 Å². The number of rotatable bonds is 7. The predicted octanol–water partition coefficient (Wildman–Crippen LogP) is -0.0591. The van der Waals surface area contributed by atoms with Crippen LogP contribution in [-0.4, -0.2) is 24.9 Å². The lowest BCUT2D eigenvalue weighted by molar-refractivity contribution is -0.676. The van der Waals surface area contributed by atoms with Crippen LogP contribution in [0.1, 0.15) is 17.2 Å². The molecule has 0 unspecified atom stereocenters. The number of quaternary nitrogens is 1. The first-order chi connectivity index (χ1) is 10.7. The zero-order valence-corrected chi connectivity index (χ0v) is 12.2. The molecular weight excluding hydrogens is 278 g/mol. The second-order valence-electron chi connectivity index (χ2n) is 4.98. The third kappa shape index (κ3) is 4.71. The van der Waals surface area contributed by atoms with E-state index in [2.05, 4.69) is 5.32 Å². The lowest BCUT2D eigenvalue weighted by Crippen LogP contribution is -2.87. The molecule has 0 radical (unpaired) electrons. The van der Waals surface area contributed by atoms with Gasteiger partial charge in [0.15, 0.2) is 6.54 Å². The molecule has 0 spiro atoms. The Balaban J connectivity index is 2.06. The smallest absolute Gasteiger partial charge is 0.275 e. The van der Waals surface area contributed by atoms with Crippen molar-refractivity contribution in [3.05, 3.63) is 71.8 Å². The van der Waals surface area contributed by atoms with Crippen LogP contribution in [0.15, 0.2) is 60.7 Å². The Bertz CT molecular complexity index is 575. The summed E-state index contributed by atoms with van der Waals surface area (Å²) in [5.41, 5.74) is 7.26. The average molecular weight is 298 g/mol. The number of primary amides is 1. The Morgan fingerprint density at radius 1 is 0.955 bits per heavy atom. The van der Waals surface area contributed by atoms with Gasteiger partial charge in [0.1, 0.15) is 6.04 Å². The summed E-state index contributed by atoms with van der Waals surface area (Å²) in [5, 5.41) is 4.44. The van der Waals surface area contributed by atoms with Crippen LogP contribution in [0, 0.1) is 0 Å². The van der Waals surface area contributed by atoms with Gasteiger partial charge in [-0.05, 0) is 0 Å². The van der Waals surface area contributed by atoms with Crippen LogP contribution in [0.4, 0.5) is 0 Å². The first-order valence-corrected chi connectivity index (χ1v) is 7.15. The van der Waals surface area contributed by atoms with E-state index in [1.807, 2.05) is 66.0 Å². The molecule has 0 fully saturated rings. The molecule has 114 valence electrons. The molecule has 5 N–H and O–H groups in total. The van der Waals surface area contributed by atoms with Crippen molar-refractivity contribution in [3.8, 4) is 0 Å². The Labute approximate surface area is 129 Å². The summed E-state index contributed by atoms with van der Waals surface area (Å²) in [7, 11) is 0. The highest BCUT2D eigenvalue weighted by Gasteiger charge is 2.18. The molecule has 0 aliphatic heterocycles. The van der Waals surface area contributed by atoms with Gasteiger partial charge in [-0.25, -0.2) is 0 Å². The second-order valence-corrected chi connectivity index (χ2v) is 4.98. The second kappa shape index (κ2) is 7.95. The van der Waals surface area contributed by atoms with Gasteiger partial charge in [0.05, 0.1) is 6.54 Å². The van der Waals surface area contributed by atoms with Crippen LogP contribution in [-0.2, 0) is 9.59 Å². The number of hydrogen-bond acceptors (Lipinski definition) is 2. The van der Waals surface area contributed by atoms with Crippen molar-refractivity contribution in [2.75, 3.05) is 13.1 Å². The van der Waals surface area contributed by atoms with Crippen molar-refractivity contribution < 1.29 is 14.9 Å². The quantitative estimate of drug-likeness (QED) is 0.668. The van der Waals surface area contributed by atoms with Gasteiger partial charge in [-0.15, -0.1) is 0 Å². The van der Waals surface area contributed by atoms with Crippen molar-refractivity contribution in [1.82, 2.24) is 5.32 Å². The van der Waals surface area contributed by atoms with Gasteiger partial charge in [0.2, 0.25) is 5.91 Å². The molecule has 0 atom stereocenters. The Kier molecular flexibility index (Phi) is 5.68. The van der Waals surface area contributed by atoms with Gasteiger partial charge < -0.3 is 16.4 Å². The number of carbonyl (C=O) groups is 2. The highest BCUT2D eigenvalue weighted by atomic mass is 16.2. The third-order valence-electron chi connectivity index (χ3n) is 3.32. The first kappa shape index (κ1) is 15.7. The van der Waals surface area contributed by atoms with Gasteiger partial charge in [-0.1, -0.05) is 60.7 Å². The van der Waals surface area contributed by atoms with Crippen molar-refractivity contribution in [2.24, 2.45) is 5.73 Å². The number of carbonyl (C=O) groups excluding carboxylic acids is 2. The normalized spacial score (nSPS) is 10.4. The molecule has 0 saturated heterocycles. The maximum Gasteiger partial charge on any atom is 0.275 e. The summed E-state index contributed by atoms with van der Waals surface area (Å²) in [5.74, 6) is -0.758. The maximum atomic E-state index is 11.8. The van der Waals surface area contributed by atoms with Crippen molar-refractivity contribution in [2.45, 2.75) is 6.04 Å². The lowest BCUT2D eigenvalue weighted by atomic mass is 9.99. The van der Waals surface area contributed by atoms with E-state index in [0.717, 1.165) is 11.1 Å². The molecule has 0 bridgehead atoms. The van der Waals surface area contributed by atoms with Gasteiger partial charge >= 0.3 is 0 Å². The minimum atomic E-state index is -0.545. The van der Waals surface area contributed by atoms with Gasteiger partial charge in [-0.3, -0.25) is 9.59 Å². The Hall–Kier alpha value is -2.66. The summed E-state index contributed by atoms with van der Waals surface area (Å²) in [4.78, 5) is 22.4. The number of hydrogen-bond donors (Lipinski definition) is 3. The van der Waals surface area contributed by atoms with E-state index in [0.29, 0.717) is 0 Å². The topological polar surface area (TPSA) is 88.8 Å². The molecule has 2 amide bonds. The molecule has 0 aliphatic carbocycles. The fraction of sp³-hybridized carbons (Fsp3) is 0.176. The molecule has 0 saturated carbocycles. The van der Waals surface area contributed by atoms with Crippen molar-refractivity contribution >= 4 is 11.8 Å². The summed E-state index contributed by atoms with van der Waals surface area (Å²) in [6.45, 7) is 0.0930. The monoisotopic (exact) mass is 298 g/mol. The molecule has 0 heterocycles. The molecule has 5 nitrogen and oxygen atoms in total. The van der Waals surface area contributed by atoms with Crippen LogP contribution >= 0.6 is 0 Å². The van der Waals surface area contributed by atoms with Gasteiger partial charge in [-0.2, -0.15) is 0 Å². The van der Waals surface area contributed by atoms with E-state index in [1.165, 1.54) is 0 Å². The lowest BCUT2D eigenvalue weighted by Gasteiger charge is -2.16.